The Balaban J connectivity index is 1.53. The summed E-state index contributed by atoms with van der Waals surface area (Å²) in [6.45, 7) is 1.94. The number of rotatable bonds is 5. The van der Waals surface area contributed by atoms with E-state index in [1.165, 1.54) is 11.3 Å². The average Bonchev–Trinajstić information content (AvgIpc) is 3.28. The Kier molecular flexibility index (Phi) is 6.57. The third-order valence-corrected chi connectivity index (χ3v) is 7.08. The van der Waals surface area contributed by atoms with Crippen molar-refractivity contribution in [2.24, 2.45) is 0 Å². The number of carbonyl (C=O) groups excluding carboxylic acids is 2. The summed E-state index contributed by atoms with van der Waals surface area (Å²) in [5.41, 5.74) is 16.7. The van der Waals surface area contributed by atoms with Gasteiger partial charge in [0, 0.05) is 16.5 Å². The molecule has 0 atom stereocenters. The Morgan fingerprint density at radius 2 is 1.54 bits per heavy atom. The number of hydrogen-bond donors (Lipinski definition) is 3. The van der Waals surface area contributed by atoms with E-state index in [9.17, 15) is 9.59 Å². The predicted octanol–water partition coefficient (Wildman–Crippen LogP) is 5.60. The molecule has 4 N–H and O–H groups in total. The van der Waals surface area contributed by atoms with Gasteiger partial charge in [-0.3, -0.25) is 20.4 Å². The van der Waals surface area contributed by atoms with Gasteiger partial charge in [0.05, 0.1) is 18.5 Å². The van der Waals surface area contributed by atoms with Crippen LogP contribution in [-0.2, 0) is 0 Å². The summed E-state index contributed by atoms with van der Waals surface area (Å²) in [5, 5.41) is 0.685. The van der Waals surface area contributed by atoms with Crippen LogP contribution in [0, 0.1) is 6.92 Å². The van der Waals surface area contributed by atoms with Gasteiger partial charge in [-0.2, -0.15) is 0 Å². The number of carbonyl (C=O) groups is 2. The Labute approximate surface area is 217 Å². The molecule has 0 unspecified atom stereocenters. The van der Waals surface area contributed by atoms with Crippen LogP contribution in [0.1, 0.15) is 25.6 Å². The first-order valence-electron chi connectivity index (χ1n) is 11.5. The first kappa shape index (κ1) is 24.0. The lowest BCUT2D eigenvalue weighted by atomic mass is 9.99. The molecule has 3 aromatic carbocycles. The molecule has 0 bridgehead atoms. The topological polar surface area (TPSA) is 106 Å². The minimum absolute atomic E-state index is 0.270. The van der Waals surface area contributed by atoms with Crippen molar-refractivity contribution in [1.82, 2.24) is 15.8 Å². The van der Waals surface area contributed by atoms with Gasteiger partial charge in [0.25, 0.3) is 11.8 Å². The molecule has 2 aromatic heterocycles. The average molecular weight is 509 g/mol. The number of fused-ring (bicyclic) bond motifs is 1. The van der Waals surface area contributed by atoms with E-state index in [1.54, 1.807) is 19.2 Å². The van der Waals surface area contributed by atoms with Gasteiger partial charge >= 0.3 is 0 Å². The van der Waals surface area contributed by atoms with Crippen molar-refractivity contribution in [3.63, 3.8) is 0 Å². The van der Waals surface area contributed by atoms with Crippen LogP contribution < -0.4 is 21.3 Å². The number of amides is 2. The highest BCUT2D eigenvalue weighted by Crippen LogP contribution is 2.41. The van der Waals surface area contributed by atoms with E-state index >= 15 is 0 Å². The first-order valence-corrected chi connectivity index (χ1v) is 12.4. The zero-order valence-corrected chi connectivity index (χ0v) is 21.1. The van der Waals surface area contributed by atoms with Crippen molar-refractivity contribution in [3.8, 4) is 28.1 Å². The number of thiophene rings is 1. The molecule has 0 radical (unpaired) electrons. The summed E-state index contributed by atoms with van der Waals surface area (Å²) < 4.78 is 5.31. The van der Waals surface area contributed by atoms with Crippen LogP contribution in [0.2, 0.25) is 0 Å². The van der Waals surface area contributed by atoms with Crippen molar-refractivity contribution in [3.05, 3.63) is 101 Å². The monoisotopic (exact) mass is 508 g/mol. The van der Waals surface area contributed by atoms with Gasteiger partial charge in [-0.15, -0.1) is 11.3 Å². The highest BCUT2D eigenvalue weighted by Gasteiger charge is 2.22. The summed E-state index contributed by atoms with van der Waals surface area (Å²) in [7, 11) is 1.62. The molecule has 184 valence electrons. The lowest BCUT2D eigenvalue weighted by Crippen LogP contribution is -2.41. The van der Waals surface area contributed by atoms with Crippen molar-refractivity contribution in [2.75, 3.05) is 12.8 Å². The van der Waals surface area contributed by atoms with E-state index in [-0.39, 0.29) is 4.88 Å². The summed E-state index contributed by atoms with van der Waals surface area (Å²) in [6.07, 6.45) is 0. The Bertz CT molecular complexity index is 1600. The largest absolute Gasteiger partial charge is 0.497 e. The van der Waals surface area contributed by atoms with Crippen molar-refractivity contribution >= 4 is 39.1 Å². The highest BCUT2D eigenvalue weighted by atomic mass is 32.1. The van der Waals surface area contributed by atoms with Gasteiger partial charge in [0.2, 0.25) is 0 Å². The molecular weight excluding hydrogens is 484 g/mol. The molecule has 0 fully saturated rings. The fraction of sp³-hybridized carbons (Fsp3) is 0.0690. The van der Waals surface area contributed by atoms with Gasteiger partial charge in [-0.1, -0.05) is 60.2 Å². The van der Waals surface area contributed by atoms with Gasteiger partial charge in [-0.25, -0.2) is 4.98 Å². The lowest BCUT2D eigenvalue weighted by Gasteiger charge is -2.10. The number of hydrazine groups is 1. The standard InChI is InChI=1S/C29H24N4O3S/c1-17-8-10-20(11-9-17)27(34)32-33-28(35)26-25(30)24-22(18-12-14-21(36-2)15-13-18)16-23(31-29(24)37-26)19-6-4-3-5-7-19/h3-16H,30H2,1-2H3,(H,32,34)(H,33,35). The number of nitrogens with one attached hydrogen (secondary N) is 2. The molecule has 0 aliphatic heterocycles. The summed E-state index contributed by atoms with van der Waals surface area (Å²) in [5.74, 6) is -0.195. The quantitative estimate of drug-likeness (QED) is 0.268. The lowest BCUT2D eigenvalue weighted by molar-refractivity contribution is 0.0849. The molecule has 0 saturated carbocycles. The molecule has 5 aromatic rings. The second kappa shape index (κ2) is 10.1. The van der Waals surface area contributed by atoms with Gasteiger partial charge in [0.15, 0.2) is 0 Å². The maximum atomic E-state index is 13.1. The van der Waals surface area contributed by atoms with Crippen molar-refractivity contribution in [2.45, 2.75) is 6.92 Å². The van der Waals surface area contributed by atoms with Crippen LogP contribution in [0.4, 0.5) is 5.69 Å². The normalized spacial score (nSPS) is 10.8. The number of aromatic nitrogens is 1. The van der Waals surface area contributed by atoms with E-state index in [2.05, 4.69) is 10.9 Å². The number of anilines is 1. The van der Waals surface area contributed by atoms with Crippen molar-refractivity contribution in [1.29, 1.82) is 0 Å². The third kappa shape index (κ3) is 4.87. The summed E-state index contributed by atoms with van der Waals surface area (Å²) in [4.78, 5) is 31.3. The number of benzene rings is 3. The molecule has 5 rings (SSSR count). The number of nitrogens with zero attached hydrogens (tertiary/aromatic N) is 1. The highest BCUT2D eigenvalue weighted by molar-refractivity contribution is 7.21. The number of ether oxygens (including phenoxy) is 1. The molecular formula is C29H24N4O3S. The number of aryl methyl sites for hydroxylation is 1. The molecule has 8 heteroatoms. The predicted molar refractivity (Wildman–Crippen MR) is 148 cm³/mol. The van der Waals surface area contributed by atoms with E-state index in [0.29, 0.717) is 21.5 Å². The Morgan fingerprint density at radius 3 is 2.22 bits per heavy atom. The van der Waals surface area contributed by atoms with Crippen LogP contribution in [0.25, 0.3) is 32.6 Å². The van der Waals surface area contributed by atoms with E-state index in [4.69, 9.17) is 15.5 Å². The number of hydrogen-bond acceptors (Lipinski definition) is 6. The number of nitrogen functional groups attached to an aromatic ring is 1. The minimum atomic E-state index is -0.511. The van der Waals surface area contributed by atoms with Crippen LogP contribution in [0.5, 0.6) is 5.75 Å². The molecule has 7 nitrogen and oxygen atoms in total. The molecule has 2 heterocycles. The van der Waals surface area contributed by atoms with Crippen LogP contribution >= 0.6 is 11.3 Å². The van der Waals surface area contributed by atoms with Crippen LogP contribution in [-0.4, -0.2) is 23.9 Å². The maximum absolute atomic E-state index is 13.1. The third-order valence-electron chi connectivity index (χ3n) is 5.98. The summed E-state index contributed by atoms with van der Waals surface area (Å²) >= 11 is 1.18. The van der Waals surface area contributed by atoms with Crippen LogP contribution in [0.3, 0.4) is 0 Å². The summed E-state index contributed by atoms with van der Waals surface area (Å²) in [6, 6.07) is 26.5. The van der Waals surface area contributed by atoms with E-state index in [1.807, 2.05) is 79.7 Å². The fourth-order valence-electron chi connectivity index (χ4n) is 3.99. The molecule has 37 heavy (non-hydrogen) atoms. The number of nitrogens with two attached hydrogens (primary N) is 1. The Morgan fingerprint density at radius 1 is 0.865 bits per heavy atom. The fourth-order valence-corrected chi connectivity index (χ4v) is 5.01. The Hall–Kier alpha value is -4.69. The van der Waals surface area contributed by atoms with Gasteiger partial charge in [-0.05, 0) is 48.4 Å². The molecule has 0 saturated heterocycles. The number of pyridine rings is 1. The van der Waals surface area contributed by atoms with Gasteiger partial charge < -0.3 is 10.5 Å². The number of methoxy groups -OCH3 is 1. The first-order chi connectivity index (χ1) is 17.9. The van der Waals surface area contributed by atoms with Crippen LogP contribution in [0.15, 0.2) is 84.9 Å². The maximum Gasteiger partial charge on any atom is 0.281 e. The second-order valence-corrected chi connectivity index (χ2v) is 9.45. The molecule has 0 aliphatic rings. The van der Waals surface area contributed by atoms with E-state index in [0.717, 1.165) is 33.7 Å². The minimum Gasteiger partial charge on any atom is -0.497 e. The SMILES string of the molecule is COc1ccc(-c2cc(-c3ccccc3)nc3sc(C(=O)NNC(=O)c4ccc(C)cc4)c(N)c23)cc1. The van der Waals surface area contributed by atoms with E-state index < -0.39 is 11.8 Å². The smallest absolute Gasteiger partial charge is 0.281 e. The van der Waals surface area contributed by atoms with Gasteiger partial charge in [0.1, 0.15) is 15.5 Å². The molecule has 0 spiro atoms. The van der Waals surface area contributed by atoms with Crippen molar-refractivity contribution < 1.29 is 14.3 Å². The molecule has 2 amide bonds. The second-order valence-electron chi connectivity index (χ2n) is 8.45. The zero-order chi connectivity index (χ0) is 25.9. The molecule has 0 aliphatic carbocycles. The zero-order valence-electron chi connectivity index (χ0n) is 20.2.